The molecule has 44 heavy (non-hydrogen) atoms. The average Bonchev–Trinajstić information content (AvgIpc) is 2.93. The van der Waals surface area contributed by atoms with Gasteiger partial charge in [-0.15, -0.1) is 0 Å². The van der Waals surface area contributed by atoms with Crippen LogP contribution in [0.4, 0.5) is 0 Å². The van der Waals surface area contributed by atoms with Gasteiger partial charge in [-0.3, -0.25) is 43.2 Å². The number of rotatable bonds is 23. The third kappa shape index (κ3) is 15.9. The van der Waals surface area contributed by atoms with Crippen molar-refractivity contribution in [1.82, 2.24) is 16.0 Å². The van der Waals surface area contributed by atoms with Gasteiger partial charge in [0.05, 0.1) is 18.1 Å². The number of hydrogen-bond acceptors (Lipinski definition) is 9. The Labute approximate surface area is 255 Å². The molecule has 0 rings (SSSR count). The number of amides is 3. The minimum atomic E-state index is -1.39. The van der Waals surface area contributed by atoms with Crippen molar-refractivity contribution in [2.75, 3.05) is 0 Å². The Hall–Kier alpha value is -4.17. The minimum absolute atomic E-state index is 0.0177. The molecule has 0 heterocycles. The molecular formula is C29H45N3O12. The highest BCUT2D eigenvalue weighted by molar-refractivity contribution is 5.96. The highest BCUT2D eigenvalue weighted by Gasteiger charge is 2.32. The van der Waals surface area contributed by atoms with Gasteiger partial charge in [0.25, 0.3) is 0 Å². The van der Waals surface area contributed by atoms with Crippen LogP contribution in [-0.2, 0) is 43.2 Å². The van der Waals surface area contributed by atoms with Crippen LogP contribution in [0.15, 0.2) is 0 Å². The Morgan fingerprint density at radius 3 is 1.45 bits per heavy atom. The molecule has 0 bridgehead atoms. The third-order valence-electron chi connectivity index (χ3n) is 6.90. The first kappa shape index (κ1) is 39.8. The third-order valence-corrected chi connectivity index (χ3v) is 6.90. The maximum atomic E-state index is 13.3. The normalized spacial score (nSPS) is 14.3. The molecule has 0 aliphatic rings. The fourth-order valence-electron chi connectivity index (χ4n) is 4.05. The summed E-state index contributed by atoms with van der Waals surface area (Å²) >= 11 is 0. The first-order valence-electron chi connectivity index (χ1n) is 14.5. The molecule has 0 aromatic rings. The summed E-state index contributed by atoms with van der Waals surface area (Å²) in [6.07, 6.45) is -3.31. The molecule has 248 valence electrons. The lowest BCUT2D eigenvalue weighted by molar-refractivity contribution is -0.140. The molecule has 0 saturated heterocycles. The number of ketones is 3. The smallest absolute Gasteiger partial charge is 0.303 e. The van der Waals surface area contributed by atoms with Crippen molar-refractivity contribution in [2.45, 2.75) is 111 Å². The quantitative estimate of drug-likeness (QED) is 0.0923. The molecule has 0 aromatic heterocycles. The molecule has 3 amide bonds. The molecule has 5 atom stereocenters. The predicted molar refractivity (Wildman–Crippen MR) is 154 cm³/mol. The number of carbonyl (C=O) groups is 9. The van der Waals surface area contributed by atoms with Crippen molar-refractivity contribution in [2.24, 2.45) is 17.8 Å². The van der Waals surface area contributed by atoms with Crippen LogP contribution in [0, 0.1) is 17.8 Å². The number of carboxylic acid groups (broad SMARTS) is 3. The van der Waals surface area contributed by atoms with Crippen LogP contribution in [0.3, 0.4) is 0 Å². The van der Waals surface area contributed by atoms with Gasteiger partial charge in [0, 0.05) is 56.3 Å². The van der Waals surface area contributed by atoms with Gasteiger partial charge < -0.3 is 31.3 Å². The molecule has 0 saturated carbocycles. The van der Waals surface area contributed by atoms with Crippen molar-refractivity contribution < 1.29 is 58.5 Å². The number of carbonyl (C=O) groups excluding carboxylic acids is 6. The average molecular weight is 628 g/mol. The van der Waals surface area contributed by atoms with Crippen LogP contribution in [-0.4, -0.2) is 86.4 Å². The number of hydrogen-bond donors (Lipinski definition) is 6. The number of carboxylic acids is 3. The van der Waals surface area contributed by atoms with Crippen LogP contribution in [0.5, 0.6) is 0 Å². The second-order valence-corrected chi connectivity index (χ2v) is 11.1. The first-order chi connectivity index (χ1) is 20.4. The van der Waals surface area contributed by atoms with Crippen molar-refractivity contribution >= 4 is 53.0 Å². The van der Waals surface area contributed by atoms with E-state index in [0.717, 1.165) is 0 Å². The standard InChI is InChI=1S/C29H45N3O12/c1-6-21(33)19(8-11-25(38)39)32-29(44)18(7-10-24(36)37)14-23(35)20(9-12-26(40)41)31-28(43)16(4)13-22(34)17(5)30-27(42)15(2)3/h15-20H,6-14H2,1-5H3,(H,30,42)(H,31,43)(H,32,44)(H,36,37)(H,38,39)(H,40,41)/t16-,17+,18-,19+,20+/m1/s1. The molecule has 15 nitrogen and oxygen atoms in total. The SMILES string of the molecule is CCC(=O)[C@H](CCC(=O)O)NC(=O)[C@H](CCC(=O)O)CC(=O)[C@H](CCC(=O)O)NC(=O)[C@H](C)CC(=O)[C@H](C)NC(=O)C(C)C. The summed E-state index contributed by atoms with van der Waals surface area (Å²) in [5.41, 5.74) is 0. The summed E-state index contributed by atoms with van der Waals surface area (Å²) in [6.45, 7) is 7.69. The number of aliphatic carboxylic acids is 3. The Balaban J connectivity index is 5.79. The van der Waals surface area contributed by atoms with Gasteiger partial charge in [0.1, 0.15) is 0 Å². The molecule has 0 aliphatic carbocycles. The Morgan fingerprint density at radius 1 is 0.545 bits per heavy atom. The fraction of sp³-hybridized carbons (Fsp3) is 0.690. The maximum absolute atomic E-state index is 13.3. The van der Waals surface area contributed by atoms with Gasteiger partial charge in [-0.25, -0.2) is 0 Å². The van der Waals surface area contributed by atoms with E-state index in [0.29, 0.717) is 0 Å². The summed E-state index contributed by atoms with van der Waals surface area (Å²) in [7, 11) is 0. The molecule has 15 heteroatoms. The van der Waals surface area contributed by atoms with Crippen LogP contribution < -0.4 is 16.0 Å². The van der Waals surface area contributed by atoms with Crippen molar-refractivity contribution in [3.05, 3.63) is 0 Å². The topological polar surface area (TPSA) is 250 Å². The minimum Gasteiger partial charge on any atom is -0.481 e. The van der Waals surface area contributed by atoms with Crippen LogP contribution in [0.2, 0.25) is 0 Å². The Morgan fingerprint density at radius 2 is 1.00 bits per heavy atom. The Bertz CT molecular complexity index is 1090. The lowest BCUT2D eigenvalue weighted by atomic mass is 9.90. The van der Waals surface area contributed by atoms with Crippen molar-refractivity contribution in [1.29, 1.82) is 0 Å². The molecule has 0 aliphatic heterocycles. The molecule has 0 radical (unpaired) electrons. The second kappa shape index (κ2) is 19.9. The van der Waals surface area contributed by atoms with E-state index in [1.54, 1.807) is 13.8 Å². The predicted octanol–water partition coefficient (Wildman–Crippen LogP) is 0.861. The zero-order valence-electron chi connectivity index (χ0n) is 25.8. The lowest BCUT2D eigenvalue weighted by Gasteiger charge is -2.24. The van der Waals surface area contributed by atoms with E-state index in [1.165, 1.54) is 20.8 Å². The van der Waals surface area contributed by atoms with Crippen LogP contribution in [0.1, 0.15) is 92.4 Å². The van der Waals surface area contributed by atoms with E-state index in [4.69, 9.17) is 15.3 Å². The summed E-state index contributed by atoms with van der Waals surface area (Å²) in [6, 6.07) is -3.45. The second-order valence-electron chi connectivity index (χ2n) is 11.1. The van der Waals surface area contributed by atoms with E-state index in [9.17, 15) is 43.2 Å². The lowest BCUT2D eigenvalue weighted by Crippen LogP contribution is -2.47. The maximum Gasteiger partial charge on any atom is 0.303 e. The van der Waals surface area contributed by atoms with Crippen LogP contribution in [0.25, 0.3) is 0 Å². The van der Waals surface area contributed by atoms with Gasteiger partial charge in [-0.1, -0.05) is 27.7 Å². The van der Waals surface area contributed by atoms with Gasteiger partial charge in [-0.05, 0) is 26.2 Å². The molecule has 0 unspecified atom stereocenters. The van der Waals surface area contributed by atoms with E-state index >= 15 is 0 Å². The molecular weight excluding hydrogens is 582 g/mol. The molecule has 0 spiro atoms. The van der Waals surface area contributed by atoms with Gasteiger partial charge in [-0.2, -0.15) is 0 Å². The highest BCUT2D eigenvalue weighted by atomic mass is 16.4. The zero-order valence-corrected chi connectivity index (χ0v) is 25.8. The van der Waals surface area contributed by atoms with Crippen molar-refractivity contribution in [3.63, 3.8) is 0 Å². The van der Waals surface area contributed by atoms with Crippen LogP contribution >= 0.6 is 0 Å². The van der Waals surface area contributed by atoms with E-state index in [-0.39, 0.29) is 43.9 Å². The summed E-state index contributed by atoms with van der Waals surface area (Å²) in [5.74, 6) is -10.0. The number of nitrogens with one attached hydrogen (secondary N) is 3. The highest BCUT2D eigenvalue weighted by Crippen LogP contribution is 2.18. The van der Waals surface area contributed by atoms with Gasteiger partial charge in [0.2, 0.25) is 17.7 Å². The molecule has 0 fully saturated rings. The van der Waals surface area contributed by atoms with E-state index < -0.39 is 103 Å². The van der Waals surface area contributed by atoms with E-state index in [1.807, 2.05) is 0 Å². The molecule has 6 N–H and O–H groups in total. The first-order valence-corrected chi connectivity index (χ1v) is 14.5. The summed E-state index contributed by atoms with van der Waals surface area (Å²) in [4.78, 5) is 109. The largest absolute Gasteiger partial charge is 0.481 e. The van der Waals surface area contributed by atoms with Gasteiger partial charge >= 0.3 is 17.9 Å². The number of Topliss-reactive ketones (excluding diaryl/α,β-unsaturated/α-hetero) is 3. The monoisotopic (exact) mass is 627 g/mol. The zero-order chi connectivity index (χ0) is 34.1. The summed E-state index contributed by atoms with van der Waals surface area (Å²) in [5, 5.41) is 34.6. The molecule has 0 aromatic carbocycles. The Kier molecular flexibility index (Phi) is 18.0. The van der Waals surface area contributed by atoms with Crippen molar-refractivity contribution in [3.8, 4) is 0 Å². The van der Waals surface area contributed by atoms with Gasteiger partial charge in [0.15, 0.2) is 17.3 Å². The fourth-order valence-corrected chi connectivity index (χ4v) is 4.05. The summed E-state index contributed by atoms with van der Waals surface area (Å²) < 4.78 is 0. The van der Waals surface area contributed by atoms with E-state index in [2.05, 4.69) is 16.0 Å².